The van der Waals surface area contributed by atoms with Crippen LogP contribution in [0.25, 0.3) is 0 Å². The zero-order valence-corrected chi connectivity index (χ0v) is 18.8. The Kier molecular flexibility index (Phi) is 12.4. The quantitative estimate of drug-likeness (QED) is 0.347. The Morgan fingerprint density at radius 3 is 1.57 bits per heavy atom. The van der Waals surface area contributed by atoms with Crippen LogP contribution in [0.3, 0.4) is 0 Å². The van der Waals surface area contributed by atoms with Gasteiger partial charge in [-0.25, -0.2) is 0 Å². The summed E-state index contributed by atoms with van der Waals surface area (Å²) in [5, 5.41) is 9.16. The van der Waals surface area contributed by atoms with Crippen molar-refractivity contribution in [3.8, 4) is 0 Å². The zero-order chi connectivity index (χ0) is 21.6. The van der Waals surface area contributed by atoms with Gasteiger partial charge in [-0.05, 0) is 70.1 Å². The number of hydrogen-bond acceptors (Lipinski definition) is 6. The first kappa shape index (κ1) is 25.1. The predicted molar refractivity (Wildman–Crippen MR) is 115 cm³/mol. The van der Waals surface area contributed by atoms with Crippen LogP contribution in [0.2, 0.25) is 0 Å². The highest BCUT2D eigenvalue weighted by Crippen LogP contribution is 2.29. The molecule has 0 heterocycles. The van der Waals surface area contributed by atoms with Crippen LogP contribution < -0.4 is 0 Å². The lowest BCUT2D eigenvalue weighted by Crippen LogP contribution is -2.27. The molecule has 6 heteroatoms. The second kappa shape index (κ2) is 14.8. The van der Waals surface area contributed by atoms with E-state index in [-0.39, 0.29) is 30.4 Å². The molecule has 0 amide bonds. The Balaban J connectivity index is 1.36. The molecule has 0 spiro atoms. The number of aliphatic hydroxyl groups is 1. The highest BCUT2D eigenvalue weighted by Gasteiger charge is 2.28. The van der Waals surface area contributed by atoms with Crippen LogP contribution in [0.1, 0.15) is 89.9 Å². The molecule has 0 aromatic carbocycles. The van der Waals surface area contributed by atoms with E-state index in [1.807, 2.05) is 0 Å². The summed E-state index contributed by atoms with van der Waals surface area (Å²) in [6.07, 6.45) is 13.7. The van der Waals surface area contributed by atoms with Crippen LogP contribution >= 0.6 is 0 Å². The lowest BCUT2D eigenvalue weighted by Gasteiger charge is -2.26. The number of esters is 2. The fraction of sp³-hybridized carbons (Fsp3) is 0.917. The minimum absolute atomic E-state index is 0.0313. The maximum Gasteiger partial charge on any atom is 0.308 e. The van der Waals surface area contributed by atoms with E-state index in [0.717, 1.165) is 89.9 Å². The minimum Gasteiger partial charge on any atom is -0.465 e. The van der Waals surface area contributed by atoms with Gasteiger partial charge in [-0.1, -0.05) is 25.7 Å². The van der Waals surface area contributed by atoms with Crippen molar-refractivity contribution >= 4 is 11.9 Å². The summed E-state index contributed by atoms with van der Waals surface area (Å²) in [4.78, 5) is 24.2. The van der Waals surface area contributed by atoms with Crippen molar-refractivity contribution in [3.63, 3.8) is 0 Å². The van der Waals surface area contributed by atoms with Gasteiger partial charge < -0.3 is 19.3 Å². The van der Waals surface area contributed by atoms with E-state index in [4.69, 9.17) is 19.3 Å². The second-order valence-corrected chi connectivity index (χ2v) is 9.07. The molecule has 30 heavy (non-hydrogen) atoms. The van der Waals surface area contributed by atoms with Crippen molar-refractivity contribution in [2.45, 2.75) is 96.0 Å². The van der Waals surface area contributed by atoms with E-state index >= 15 is 0 Å². The second-order valence-electron chi connectivity index (χ2n) is 9.07. The molecule has 0 unspecified atom stereocenters. The molecule has 0 atom stereocenters. The lowest BCUT2D eigenvalue weighted by molar-refractivity contribution is -0.151. The van der Waals surface area contributed by atoms with Gasteiger partial charge in [0.05, 0.1) is 31.2 Å². The van der Waals surface area contributed by atoms with Crippen LogP contribution in [0, 0.1) is 17.8 Å². The lowest BCUT2D eigenvalue weighted by atomic mass is 9.82. The van der Waals surface area contributed by atoms with Gasteiger partial charge in [0.25, 0.3) is 0 Å². The Morgan fingerprint density at radius 2 is 1.13 bits per heavy atom. The van der Waals surface area contributed by atoms with E-state index in [1.165, 1.54) is 0 Å². The molecule has 0 aliphatic heterocycles. The number of methoxy groups -OCH3 is 1. The number of ether oxygens (including phenoxy) is 3. The molecule has 0 radical (unpaired) electrons. The highest BCUT2D eigenvalue weighted by molar-refractivity contribution is 5.72. The summed E-state index contributed by atoms with van der Waals surface area (Å²) >= 11 is 0. The van der Waals surface area contributed by atoms with E-state index in [1.54, 1.807) is 7.11 Å². The number of carbonyl (C=O) groups excluding carboxylic acids is 2. The van der Waals surface area contributed by atoms with Crippen molar-refractivity contribution in [2.24, 2.45) is 17.8 Å². The molecule has 0 aromatic heterocycles. The van der Waals surface area contributed by atoms with Crippen molar-refractivity contribution in [3.05, 3.63) is 0 Å². The molecule has 0 aromatic rings. The molecule has 2 aliphatic rings. The molecule has 1 N–H and O–H groups in total. The molecule has 2 aliphatic carbocycles. The van der Waals surface area contributed by atoms with Gasteiger partial charge in [-0.3, -0.25) is 9.59 Å². The Labute approximate surface area is 182 Å². The van der Waals surface area contributed by atoms with Crippen molar-refractivity contribution < 1.29 is 28.9 Å². The first-order chi connectivity index (χ1) is 14.6. The maximum absolute atomic E-state index is 12.1. The molecule has 6 nitrogen and oxygen atoms in total. The van der Waals surface area contributed by atoms with E-state index in [0.29, 0.717) is 25.2 Å². The standard InChI is InChI=1S/C24H42O6/c1-28-22-14-12-21(13-15-22)24(27)30-17-7-5-3-2-4-6-16-29-23(26)20-10-8-19(18-25)9-11-20/h19-22,25H,2-18H2,1H3. The van der Waals surface area contributed by atoms with Crippen molar-refractivity contribution in [1.29, 1.82) is 0 Å². The normalized spacial score (nSPS) is 26.9. The fourth-order valence-electron chi connectivity index (χ4n) is 4.61. The number of unbranched alkanes of at least 4 members (excludes halogenated alkanes) is 5. The summed E-state index contributed by atoms with van der Waals surface area (Å²) in [7, 11) is 1.74. The first-order valence-electron chi connectivity index (χ1n) is 12.1. The monoisotopic (exact) mass is 426 g/mol. The molecule has 0 bridgehead atoms. The smallest absolute Gasteiger partial charge is 0.308 e. The molecular weight excluding hydrogens is 384 g/mol. The molecule has 2 saturated carbocycles. The van der Waals surface area contributed by atoms with E-state index in [9.17, 15) is 9.59 Å². The SMILES string of the molecule is COC1CCC(C(=O)OCCCCCCCCOC(=O)C2CCC(CO)CC2)CC1. The van der Waals surface area contributed by atoms with Crippen LogP contribution in [0.4, 0.5) is 0 Å². The van der Waals surface area contributed by atoms with Crippen molar-refractivity contribution in [1.82, 2.24) is 0 Å². The van der Waals surface area contributed by atoms with Gasteiger partial charge in [0.15, 0.2) is 0 Å². The molecule has 2 fully saturated rings. The van der Waals surface area contributed by atoms with Crippen LogP contribution in [0.15, 0.2) is 0 Å². The topological polar surface area (TPSA) is 82.1 Å². The number of hydrogen-bond donors (Lipinski definition) is 1. The molecule has 0 saturated heterocycles. The third-order valence-electron chi connectivity index (χ3n) is 6.81. The molecular formula is C24H42O6. The summed E-state index contributed by atoms with van der Waals surface area (Å²) < 4.78 is 16.2. The fourth-order valence-corrected chi connectivity index (χ4v) is 4.61. The number of aliphatic hydroxyl groups excluding tert-OH is 1. The predicted octanol–water partition coefficient (Wildman–Crippen LogP) is 4.42. The Bertz CT molecular complexity index is 434. The minimum atomic E-state index is -0.0519. The highest BCUT2D eigenvalue weighted by atomic mass is 16.5. The summed E-state index contributed by atoms with van der Waals surface area (Å²) in [5.74, 6) is 0.378. The van der Waals surface area contributed by atoms with E-state index in [2.05, 4.69) is 0 Å². The molecule has 174 valence electrons. The Morgan fingerprint density at radius 1 is 0.700 bits per heavy atom. The first-order valence-corrected chi connectivity index (χ1v) is 12.1. The summed E-state index contributed by atoms with van der Waals surface area (Å²) in [6, 6.07) is 0. The average molecular weight is 427 g/mol. The number of rotatable bonds is 13. The van der Waals surface area contributed by atoms with Crippen LogP contribution in [-0.4, -0.2) is 50.1 Å². The van der Waals surface area contributed by atoms with E-state index < -0.39 is 0 Å². The van der Waals surface area contributed by atoms with Crippen LogP contribution in [-0.2, 0) is 23.8 Å². The third-order valence-corrected chi connectivity index (χ3v) is 6.81. The average Bonchev–Trinajstić information content (AvgIpc) is 2.80. The maximum atomic E-state index is 12.1. The summed E-state index contributed by atoms with van der Waals surface area (Å²) in [5.41, 5.74) is 0. The van der Waals surface area contributed by atoms with Gasteiger partial charge >= 0.3 is 11.9 Å². The Hall–Kier alpha value is -1.14. The van der Waals surface area contributed by atoms with Gasteiger partial charge in [0, 0.05) is 13.7 Å². The van der Waals surface area contributed by atoms with Gasteiger partial charge in [0.2, 0.25) is 0 Å². The van der Waals surface area contributed by atoms with Crippen molar-refractivity contribution in [2.75, 3.05) is 26.9 Å². The van der Waals surface area contributed by atoms with Gasteiger partial charge in [-0.2, -0.15) is 0 Å². The van der Waals surface area contributed by atoms with Crippen LogP contribution in [0.5, 0.6) is 0 Å². The zero-order valence-electron chi connectivity index (χ0n) is 18.8. The van der Waals surface area contributed by atoms with Gasteiger partial charge in [0.1, 0.15) is 0 Å². The third kappa shape index (κ3) is 9.34. The van der Waals surface area contributed by atoms with Gasteiger partial charge in [-0.15, -0.1) is 0 Å². The summed E-state index contributed by atoms with van der Waals surface area (Å²) in [6.45, 7) is 1.28. The number of carbonyl (C=O) groups is 2. The largest absolute Gasteiger partial charge is 0.465 e. The molecule has 2 rings (SSSR count).